The van der Waals surface area contributed by atoms with Crippen molar-refractivity contribution in [1.82, 2.24) is 14.5 Å². The second kappa shape index (κ2) is 7.94. The third-order valence-electron chi connectivity index (χ3n) is 5.51. The molecular formula is C20H30N4O3. The van der Waals surface area contributed by atoms with Gasteiger partial charge in [0.25, 0.3) is 0 Å². The number of imidazole rings is 1. The van der Waals surface area contributed by atoms with Gasteiger partial charge >= 0.3 is 0 Å². The summed E-state index contributed by atoms with van der Waals surface area (Å²) in [5.41, 5.74) is 1.86. The first-order chi connectivity index (χ1) is 13.1. The van der Waals surface area contributed by atoms with Crippen LogP contribution in [0.5, 0.6) is 11.5 Å². The van der Waals surface area contributed by atoms with E-state index < -0.39 is 6.10 Å². The summed E-state index contributed by atoms with van der Waals surface area (Å²) in [4.78, 5) is 6.99. The van der Waals surface area contributed by atoms with Crippen molar-refractivity contribution >= 4 is 17.0 Å². The van der Waals surface area contributed by atoms with Crippen molar-refractivity contribution in [3.63, 3.8) is 0 Å². The molecule has 0 spiro atoms. The first kappa shape index (κ1) is 18.4. The monoisotopic (exact) mass is 374 g/mol. The van der Waals surface area contributed by atoms with Crippen LogP contribution in [0.2, 0.25) is 0 Å². The van der Waals surface area contributed by atoms with Crippen LogP contribution in [0.4, 0.5) is 5.95 Å². The van der Waals surface area contributed by atoms with E-state index >= 15 is 0 Å². The van der Waals surface area contributed by atoms with Crippen molar-refractivity contribution < 1.29 is 14.6 Å². The molecule has 2 fully saturated rings. The van der Waals surface area contributed by atoms with Gasteiger partial charge in [0.1, 0.15) is 12.7 Å². The summed E-state index contributed by atoms with van der Waals surface area (Å²) >= 11 is 0. The summed E-state index contributed by atoms with van der Waals surface area (Å²) in [5.74, 6) is 2.94. The third-order valence-corrected chi connectivity index (χ3v) is 5.51. The summed E-state index contributed by atoms with van der Waals surface area (Å²) in [6.07, 6.45) is 4.54. The molecule has 27 heavy (non-hydrogen) atoms. The van der Waals surface area contributed by atoms with E-state index in [4.69, 9.17) is 14.5 Å². The van der Waals surface area contributed by atoms with E-state index in [1.807, 2.05) is 23.7 Å². The van der Waals surface area contributed by atoms with E-state index in [1.54, 1.807) is 7.11 Å². The highest BCUT2D eigenvalue weighted by molar-refractivity contribution is 5.82. The van der Waals surface area contributed by atoms with Gasteiger partial charge in [-0.2, -0.15) is 0 Å². The molecule has 1 aliphatic heterocycles. The van der Waals surface area contributed by atoms with Gasteiger partial charge in [0, 0.05) is 32.3 Å². The molecule has 7 heteroatoms. The normalized spacial score (nSPS) is 18.8. The van der Waals surface area contributed by atoms with Crippen LogP contribution in [-0.4, -0.2) is 65.6 Å². The van der Waals surface area contributed by atoms with Crippen molar-refractivity contribution in [2.24, 2.45) is 13.0 Å². The molecular weight excluding hydrogens is 344 g/mol. The number of benzene rings is 1. The lowest BCUT2D eigenvalue weighted by atomic mass is 10.2. The Hall–Kier alpha value is -1.99. The molecule has 1 aliphatic carbocycles. The maximum atomic E-state index is 10.3. The Balaban J connectivity index is 1.45. The third kappa shape index (κ3) is 4.30. The van der Waals surface area contributed by atoms with E-state index in [-0.39, 0.29) is 6.61 Å². The zero-order valence-electron chi connectivity index (χ0n) is 16.3. The fourth-order valence-electron chi connectivity index (χ4n) is 3.69. The van der Waals surface area contributed by atoms with Gasteiger partial charge in [-0.05, 0) is 44.7 Å². The number of nitrogens with one attached hydrogen (secondary N) is 1. The molecule has 2 N–H and O–H groups in total. The average Bonchev–Trinajstić information content (AvgIpc) is 3.27. The molecule has 148 valence electrons. The standard InChI is InChI=1S/C20H30N4O3/c1-23-17-10-18(26-2)19(27-13-15(25)12-24-7-3-4-8-24)9-16(17)22-20(23)21-11-14-5-6-14/h9-10,14-15,25H,3-8,11-13H2,1-2H3,(H,21,22)/t15-/m1/s1. The second-order valence-electron chi connectivity index (χ2n) is 7.78. The van der Waals surface area contributed by atoms with Gasteiger partial charge in [0.05, 0.1) is 18.1 Å². The number of aryl methyl sites for hydroxylation is 1. The molecule has 0 amide bonds. The Labute approximate surface area is 160 Å². The fourth-order valence-corrected chi connectivity index (χ4v) is 3.69. The highest BCUT2D eigenvalue weighted by Crippen LogP contribution is 2.34. The quantitative estimate of drug-likeness (QED) is 0.701. The molecule has 0 radical (unpaired) electrons. The number of ether oxygens (including phenoxy) is 2. The summed E-state index contributed by atoms with van der Waals surface area (Å²) in [6, 6.07) is 3.85. The number of nitrogens with zero attached hydrogens (tertiary/aromatic N) is 3. The molecule has 1 atom stereocenters. The molecule has 1 aromatic heterocycles. The molecule has 2 heterocycles. The summed E-state index contributed by atoms with van der Waals surface area (Å²) < 4.78 is 13.5. The van der Waals surface area contributed by atoms with Crippen LogP contribution in [-0.2, 0) is 7.05 Å². The molecule has 4 rings (SSSR count). The van der Waals surface area contributed by atoms with Crippen LogP contribution in [0.25, 0.3) is 11.0 Å². The molecule has 2 aliphatic rings. The van der Waals surface area contributed by atoms with Crippen molar-refractivity contribution in [2.75, 3.05) is 45.2 Å². The molecule has 1 aromatic carbocycles. The Kier molecular flexibility index (Phi) is 5.41. The molecule has 0 bridgehead atoms. The van der Waals surface area contributed by atoms with Gasteiger partial charge in [0.15, 0.2) is 11.5 Å². The van der Waals surface area contributed by atoms with Crippen LogP contribution >= 0.6 is 0 Å². The first-order valence-corrected chi connectivity index (χ1v) is 9.95. The van der Waals surface area contributed by atoms with E-state index in [2.05, 4.69) is 10.2 Å². The minimum absolute atomic E-state index is 0.248. The minimum Gasteiger partial charge on any atom is -0.493 e. The zero-order chi connectivity index (χ0) is 18.8. The summed E-state index contributed by atoms with van der Waals surface area (Å²) in [7, 11) is 3.64. The van der Waals surface area contributed by atoms with E-state index in [9.17, 15) is 5.11 Å². The summed E-state index contributed by atoms with van der Waals surface area (Å²) in [6.45, 7) is 4.01. The number of rotatable bonds is 9. The van der Waals surface area contributed by atoms with Gasteiger partial charge in [0.2, 0.25) is 5.95 Å². The number of likely N-dealkylation sites (tertiary alicyclic amines) is 1. The van der Waals surface area contributed by atoms with Crippen LogP contribution < -0.4 is 14.8 Å². The predicted molar refractivity (Wildman–Crippen MR) is 106 cm³/mol. The zero-order valence-corrected chi connectivity index (χ0v) is 16.3. The Morgan fingerprint density at radius 2 is 2.04 bits per heavy atom. The van der Waals surface area contributed by atoms with Crippen molar-refractivity contribution in [3.05, 3.63) is 12.1 Å². The Morgan fingerprint density at radius 3 is 2.74 bits per heavy atom. The Bertz CT molecular complexity index is 781. The highest BCUT2D eigenvalue weighted by atomic mass is 16.5. The predicted octanol–water partition coefficient (Wildman–Crippen LogP) is 2.24. The molecule has 1 saturated heterocycles. The highest BCUT2D eigenvalue weighted by Gasteiger charge is 2.22. The van der Waals surface area contributed by atoms with Crippen LogP contribution in [0.1, 0.15) is 25.7 Å². The van der Waals surface area contributed by atoms with Gasteiger partial charge in [-0.1, -0.05) is 0 Å². The second-order valence-corrected chi connectivity index (χ2v) is 7.78. The number of β-amino-alcohol motifs (C(OH)–C–C–N with tert-alkyl or cyclic N) is 1. The van der Waals surface area contributed by atoms with Gasteiger partial charge in [-0.15, -0.1) is 0 Å². The van der Waals surface area contributed by atoms with Crippen molar-refractivity contribution in [2.45, 2.75) is 31.8 Å². The topological polar surface area (TPSA) is 71.8 Å². The number of aliphatic hydroxyl groups excluding tert-OH is 1. The lowest BCUT2D eigenvalue weighted by molar-refractivity contribution is 0.0747. The van der Waals surface area contributed by atoms with Crippen molar-refractivity contribution in [1.29, 1.82) is 0 Å². The Morgan fingerprint density at radius 1 is 1.26 bits per heavy atom. The van der Waals surface area contributed by atoms with E-state index in [0.29, 0.717) is 18.0 Å². The van der Waals surface area contributed by atoms with Gasteiger partial charge < -0.3 is 29.4 Å². The lowest BCUT2D eigenvalue weighted by Crippen LogP contribution is -2.33. The van der Waals surface area contributed by atoms with Crippen LogP contribution in [0.3, 0.4) is 0 Å². The molecule has 7 nitrogen and oxygen atoms in total. The van der Waals surface area contributed by atoms with E-state index in [1.165, 1.54) is 25.7 Å². The van der Waals surface area contributed by atoms with Gasteiger partial charge in [-0.3, -0.25) is 0 Å². The number of hydrogen-bond acceptors (Lipinski definition) is 6. The number of anilines is 1. The molecule has 0 unspecified atom stereocenters. The molecule has 2 aromatic rings. The van der Waals surface area contributed by atoms with Crippen molar-refractivity contribution in [3.8, 4) is 11.5 Å². The minimum atomic E-state index is -0.511. The number of methoxy groups -OCH3 is 1. The largest absolute Gasteiger partial charge is 0.493 e. The van der Waals surface area contributed by atoms with Crippen LogP contribution in [0.15, 0.2) is 12.1 Å². The van der Waals surface area contributed by atoms with Gasteiger partial charge in [-0.25, -0.2) is 4.98 Å². The smallest absolute Gasteiger partial charge is 0.203 e. The summed E-state index contributed by atoms with van der Waals surface area (Å²) in [5, 5.41) is 13.7. The number of aliphatic hydroxyl groups is 1. The SMILES string of the molecule is COc1cc2c(cc1OC[C@H](O)CN1CCCC1)nc(NCC1CC1)n2C. The number of fused-ring (bicyclic) bond motifs is 1. The fraction of sp³-hybridized carbons (Fsp3) is 0.650. The number of aromatic nitrogens is 2. The lowest BCUT2D eigenvalue weighted by Gasteiger charge is -2.20. The number of hydrogen-bond donors (Lipinski definition) is 2. The van der Waals surface area contributed by atoms with Crippen LogP contribution in [0, 0.1) is 5.92 Å². The average molecular weight is 374 g/mol. The van der Waals surface area contributed by atoms with E-state index in [0.717, 1.165) is 42.5 Å². The molecule has 1 saturated carbocycles. The first-order valence-electron chi connectivity index (χ1n) is 9.95. The maximum Gasteiger partial charge on any atom is 0.203 e. The maximum absolute atomic E-state index is 10.3.